The van der Waals surface area contributed by atoms with Crippen molar-refractivity contribution in [3.8, 4) is 11.1 Å². The predicted octanol–water partition coefficient (Wildman–Crippen LogP) is 4.20. The molecule has 3 N–H and O–H groups in total. The molecule has 0 atom stereocenters. The minimum Gasteiger partial charge on any atom is -0.368 e. The minimum absolute atomic E-state index is 0.182. The lowest BCUT2D eigenvalue weighted by molar-refractivity contribution is 0.102. The Bertz CT molecular complexity index is 1170. The maximum absolute atomic E-state index is 12.6. The number of carbonyl (C=O) groups excluding carboxylic acids is 1. The molecule has 2 aromatic heterocycles. The number of aryl methyl sites for hydroxylation is 2. The van der Waals surface area contributed by atoms with Crippen LogP contribution < -0.4 is 11.1 Å². The van der Waals surface area contributed by atoms with E-state index in [1.165, 1.54) is 11.5 Å². The summed E-state index contributed by atoms with van der Waals surface area (Å²) >= 11 is 1.36. The van der Waals surface area contributed by atoms with Crippen LogP contribution in [-0.2, 0) is 0 Å². The van der Waals surface area contributed by atoms with Crippen LogP contribution in [0.5, 0.6) is 0 Å². The molecule has 0 saturated carbocycles. The molecular weight excluding hydrogens is 358 g/mol. The first-order chi connectivity index (χ1) is 13.0. The van der Waals surface area contributed by atoms with Crippen LogP contribution >= 0.6 is 11.5 Å². The SMILES string of the molecule is Cc1cc(NC(=O)c2ccc(C)c(-c3ccc4nc(N)ncc4c3)c2)ns1. The second kappa shape index (κ2) is 6.77. The average molecular weight is 375 g/mol. The van der Waals surface area contributed by atoms with Crippen molar-refractivity contribution in [3.63, 3.8) is 0 Å². The van der Waals surface area contributed by atoms with Crippen LogP contribution in [0.2, 0.25) is 0 Å². The summed E-state index contributed by atoms with van der Waals surface area (Å²) in [4.78, 5) is 21.9. The number of benzene rings is 2. The number of nitrogen functional groups attached to an aromatic ring is 1. The molecule has 6 nitrogen and oxygen atoms in total. The number of anilines is 2. The Morgan fingerprint density at radius 1 is 1.11 bits per heavy atom. The summed E-state index contributed by atoms with van der Waals surface area (Å²) in [5.74, 6) is 0.644. The zero-order valence-electron chi connectivity index (χ0n) is 14.9. The minimum atomic E-state index is -0.182. The summed E-state index contributed by atoms with van der Waals surface area (Å²) in [6.07, 6.45) is 1.71. The molecule has 7 heteroatoms. The van der Waals surface area contributed by atoms with E-state index in [-0.39, 0.29) is 11.9 Å². The topological polar surface area (TPSA) is 93.8 Å². The molecule has 0 saturated heterocycles. The highest BCUT2D eigenvalue weighted by Crippen LogP contribution is 2.28. The van der Waals surface area contributed by atoms with Gasteiger partial charge in [-0.25, -0.2) is 9.97 Å². The Kier molecular flexibility index (Phi) is 4.29. The number of amides is 1. The van der Waals surface area contributed by atoms with Gasteiger partial charge in [0.25, 0.3) is 5.91 Å². The van der Waals surface area contributed by atoms with Gasteiger partial charge in [0, 0.05) is 22.0 Å². The van der Waals surface area contributed by atoms with Gasteiger partial charge in [-0.05, 0) is 72.4 Å². The average Bonchev–Trinajstić information content (AvgIpc) is 3.06. The molecule has 0 aliphatic rings. The zero-order chi connectivity index (χ0) is 19.0. The van der Waals surface area contributed by atoms with Crippen molar-refractivity contribution in [1.29, 1.82) is 0 Å². The summed E-state index contributed by atoms with van der Waals surface area (Å²) in [6.45, 7) is 3.97. The van der Waals surface area contributed by atoms with Crippen molar-refractivity contribution >= 4 is 40.1 Å². The van der Waals surface area contributed by atoms with Crippen LogP contribution in [0.25, 0.3) is 22.0 Å². The Morgan fingerprint density at radius 3 is 2.74 bits per heavy atom. The largest absolute Gasteiger partial charge is 0.368 e. The van der Waals surface area contributed by atoms with Crippen molar-refractivity contribution in [3.05, 3.63) is 64.7 Å². The highest BCUT2D eigenvalue weighted by atomic mass is 32.1. The molecule has 4 rings (SSSR count). The first-order valence-corrected chi connectivity index (χ1v) is 9.15. The molecular formula is C20H17N5OS. The predicted molar refractivity (Wildman–Crippen MR) is 109 cm³/mol. The first kappa shape index (κ1) is 17.1. The van der Waals surface area contributed by atoms with Crippen molar-refractivity contribution < 1.29 is 4.79 Å². The van der Waals surface area contributed by atoms with Gasteiger partial charge in [-0.15, -0.1) is 0 Å². The number of rotatable bonds is 3. The summed E-state index contributed by atoms with van der Waals surface area (Å²) in [5, 5.41) is 3.74. The van der Waals surface area contributed by atoms with Crippen LogP contribution in [0, 0.1) is 13.8 Å². The van der Waals surface area contributed by atoms with E-state index in [1.54, 1.807) is 6.20 Å². The van der Waals surface area contributed by atoms with E-state index in [1.807, 2.05) is 56.3 Å². The van der Waals surface area contributed by atoms with E-state index in [0.717, 1.165) is 32.5 Å². The number of nitrogens with two attached hydrogens (primary N) is 1. The van der Waals surface area contributed by atoms with Gasteiger partial charge in [0.2, 0.25) is 5.95 Å². The highest BCUT2D eigenvalue weighted by molar-refractivity contribution is 7.06. The van der Waals surface area contributed by atoms with E-state index in [0.29, 0.717) is 11.4 Å². The number of carbonyl (C=O) groups is 1. The maximum atomic E-state index is 12.6. The number of fused-ring (bicyclic) bond motifs is 1. The van der Waals surface area contributed by atoms with Crippen LogP contribution in [-0.4, -0.2) is 20.2 Å². The standard InChI is InChI=1S/C20H17N5OS/c1-11-3-4-14(19(26)24-18-7-12(2)27-25-18)9-16(11)13-5-6-17-15(8-13)10-22-20(21)23-17/h3-10H,1-2H3,(H2,21,22,23)(H,24,25,26). The Balaban J connectivity index is 1.70. The van der Waals surface area contributed by atoms with E-state index < -0.39 is 0 Å². The molecule has 0 unspecified atom stereocenters. The van der Waals surface area contributed by atoms with Crippen molar-refractivity contribution in [2.24, 2.45) is 0 Å². The lowest BCUT2D eigenvalue weighted by Crippen LogP contribution is -2.12. The summed E-state index contributed by atoms with van der Waals surface area (Å²) in [7, 11) is 0. The van der Waals surface area contributed by atoms with Crippen LogP contribution in [0.3, 0.4) is 0 Å². The lowest BCUT2D eigenvalue weighted by atomic mass is 9.97. The second-order valence-electron chi connectivity index (χ2n) is 6.31. The van der Waals surface area contributed by atoms with Gasteiger partial charge >= 0.3 is 0 Å². The number of aromatic nitrogens is 3. The molecule has 0 radical (unpaired) electrons. The Morgan fingerprint density at radius 2 is 1.96 bits per heavy atom. The van der Waals surface area contributed by atoms with Crippen LogP contribution in [0.15, 0.2) is 48.7 Å². The van der Waals surface area contributed by atoms with Gasteiger partial charge in [-0.1, -0.05) is 12.1 Å². The Labute approximate surface area is 160 Å². The van der Waals surface area contributed by atoms with Gasteiger partial charge in [0.05, 0.1) is 5.52 Å². The molecule has 134 valence electrons. The molecule has 27 heavy (non-hydrogen) atoms. The van der Waals surface area contributed by atoms with Gasteiger partial charge in [-0.2, -0.15) is 4.37 Å². The highest BCUT2D eigenvalue weighted by Gasteiger charge is 2.12. The van der Waals surface area contributed by atoms with Gasteiger partial charge in [-0.3, -0.25) is 4.79 Å². The number of hydrogen-bond donors (Lipinski definition) is 2. The smallest absolute Gasteiger partial charge is 0.256 e. The molecule has 0 fully saturated rings. The molecule has 4 aromatic rings. The monoisotopic (exact) mass is 375 g/mol. The number of nitrogens with zero attached hydrogens (tertiary/aromatic N) is 3. The molecule has 0 aliphatic carbocycles. The van der Waals surface area contributed by atoms with Crippen molar-refractivity contribution in [2.75, 3.05) is 11.1 Å². The molecule has 2 aromatic carbocycles. The van der Waals surface area contributed by atoms with E-state index in [2.05, 4.69) is 19.7 Å². The summed E-state index contributed by atoms with van der Waals surface area (Å²) in [6, 6.07) is 13.4. The second-order valence-corrected chi connectivity index (χ2v) is 7.32. The lowest BCUT2D eigenvalue weighted by Gasteiger charge is -2.10. The summed E-state index contributed by atoms with van der Waals surface area (Å²) < 4.78 is 4.21. The molecule has 0 bridgehead atoms. The van der Waals surface area contributed by atoms with E-state index >= 15 is 0 Å². The summed E-state index contributed by atoms with van der Waals surface area (Å²) in [5.41, 5.74) is 10.1. The van der Waals surface area contributed by atoms with Gasteiger partial charge in [0.1, 0.15) is 5.82 Å². The van der Waals surface area contributed by atoms with Crippen molar-refractivity contribution in [1.82, 2.24) is 14.3 Å². The fraction of sp³-hybridized carbons (Fsp3) is 0.100. The maximum Gasteiger partial charge on any atom is 0.256 e. The fourth-order valence-electron chi connectivity index (χ4n) is 2.90. The molecule has 1 amide bonds. The van der Waals surface area contributed by atoms with Crippen LogP contribution in [0.4, 0.5) is 11.8 Å². The number of hydrogen-bond acceptors (Lipinski definition) is 6. The Hall–Kier alpha value is -3.32. The normalized spacial score (nSPS) is 10.9. The van der Waals surface area contributed by atoms with Crippen molar-refractivity contribution in [2.45, 2.75) is 13.8 Å². The molecule has 0 spiro atoms. The van der Waals surface area contributed by atoms with Crippen LogP contribution in [0.1, 0.15) is 20.8 Å². The first-order valence-electron chi connectivity index (χ1n) is 8.37. The van der Waals surface area contributed by atoms with E-state index in [9.17, 15) is 4.79 Å². The molecule has 2 heterocycles. The third kappa shape index (κ3) is 3.50. The third-order valence-electron chi connectivity index (χ3n) is 4.28. The van der Waals surface area contributed by atoms with Gasteiger partial charge < -0.3 is 11.1 Å². The number of nitrogens with one attached hydrogen (secondary N) is 1. The zero-order valence-corrected chi connectivity index (χ0v) is 15.7. The van der Waals surface area contributed by atoms with E-state index in [4.69, 9.17) is 5.73 Å². The quantitative estimate of drug-likeness (QED) is 0.559. The fourth-order valence-corrected chi connectivity index (χ4v) is 3.41. The van der Waals surface area contributed by atoms with Gasteiger partial charge in [0.15, 0.2) is 0 Å². The third-order valence-corrected chi connectivity index (χ3v) is 4.97. The molecule has 0 aliphatic heterocycles.